The van der Waals surface area contributed by atoms with E-state index in [2.05, 4.69) is 10.4 Å². The fourth-order valence-electron chi connectivity index (χ4n) is 3.57. The van der Waals surface area contributed by atoms with E-state index in [1.54, 1.807) is 10.9 Å². The van der Waals surface area contributed by atoms with Crippen LogP contribution in [-0.2, 0) is 16.1 Å². The summed E-state index contributed by atoms with van der Waals surface area (Å²) in [6.45, 7) is 0.467. The molecule has 27 heavy (non-hydrogen) atoms. The number of hydrogen-bond donors (Lipinski definition) is 1. The Labute approximate surface area is 163 Å². The normalized spacial score (nSPS) is 16.4. The minimum absolute atomic E-state index is 0.312. The summed E-state index contributed by atoms with van der Waals surface area (Å²) in [4.78, 5) is 25.2. The predicted molar refractivity (Wildman–Crippen MR) is 103 cm³/mol. The predicted octanol–water partition coefficient (Wildman–Crippen LogP) is 3.58. The lowest BCUT2D eigenvalue weighted by atomic mass is 9.90. The topological polar surface area (TPSA) is 73.2 Å². The number of methoxy groups -OCH3 is 1. The molecule has 1 fully saturated rings. The molecule has 1 heterocycles. The monoisotopic (exact) mass is 389 g/mol. The molecule has 0 unspecified atom stereocenters. The molecule has 1 aromatic carbocycles. The number of hydrogen-bond acceptors (Lipinski definition) is 4. The maximum Gasteiger partial charge on any atom is 0.331 e. The van der Waals surface area contributed by atoms with E-state index in [9.17, 15) is 9.59 Å². The molecule has 144 valence electrons. The van der Waals surface area contributed by atoms with Crippen molar-refractivity contribution in [3.05, 3.63) is 52.8 Å². The Hall–Kier alpha value is -2.34. The van der Waals surface area contributed by atoms with Gasteiger partial charge in [0.1, 0.15) is 5.54 Å². The van der Waals surface area contributed by atoms with Crippen molar-refractivity contribution in [2.75, 3.05) is 7.11 Å². The second-order valence-corrected chi connectivity index (χ2v) is 7.37. The molecule has 1 N–H and O–H groups in total. The maximum atomic E-state index is 12.8. The molecule has 0 bridgehead atoms. The van der Waals surface area contributed by atoms with Crippen LogP contribution in [0.2, 0.25) is 5.02 Å². The number of esters is 1. The number of nitrogens with one attached hydrogen (secondary N) is 1. The summed E-state index contributed by atoms with van der Waals surface area (Å²) < 4.78 is 6.65. The van der Waals surface area contributed by atoms with Crippen molar-refractivity contribution in [3.63, 3.8) is 0 Å². The van der Waals surface area contributed by atoms with Gasteiger partial charge in [-0.1, -0.05) is 55.5 Å². The van der Waals surface area contributed by atoms with E-state index in [-0.39, 0.29) is 11.9 Å². The van der Waals surface area contributed by atoms with Crippen LogP contribution >= 0.6 is 11.6 Å². The van der Waals surface area contributed by atoms with Crippen molar-refractivity contribution in [1.82, 2.24) is 15.1 Å². The lowest BCUT2D eigenvalue weighted by Crippen LogP contribution is -2.54. The van der Waals surface area contributed by atoms with Gasteiger partial charge in [0.15, 0.2) is 0 Å². The van der Waals surface area contributed by atoms with Crippen LogP contribution in [0, 0.1) is 0 Å². The van der Waals surface area contributed by atoms with Gasteiger partial charge < -0.3 is 10.1 Å². The Morgan fingerprint density at radius 3 is 2.59 bits per heavy atom. The van der Waals surface area contributed by atoms with Crippen molar-refractivity contribution in [1.29, 1.82) is 0 Å². The van der Waals surface area contributed by atoms with Gasteiger partial charge >= 0.3 is 5.97 Å². The minimum Gasteiger partial charge on any atom is -0.467 e. The lowest BCUT2D eigenvalue weighted by molar-refractivity contribution is -0.148. The first-order chi connectivity index (χ1) is 13.0. The van der Waals surface area contributed by atoms with Gasteiger partial charge in [-0.05, 0) is 24.5 Å². The van der Waals surface area contributed by atoms with Crippen molar-refractivity contribution < 1.29 is 14.3 Å². The Bertz CT molecular complexity index is 810. The zero-order valence-corrected chi connectivity index (χ0v) is 16.2. The Morgan fingerprint density at radius 2 is 1.93 bits per heavy atom. The van der Waals surface area contributed by atoms with Gasteiger partial charge in [0.05, 0.1) is 25.4 Å². The zero-order chi connectivity index (χ0) is 19.3. The summed E-state index contributed by atoms with van der Waals surface area (Å²) in [5.74, 6) is -0.686. The third-order valence-corrected chi connectivity index (χ3v) is 5.44. The van der Waals surface area contributed by atoms with Crippen LogP contribution in [-0.4, -0.2) is 34.3 Å². The van der Waals surface area contributed by atoms with Crippen LogP contribution in [0.1, 0.15) is 54.4 Å². The number of aromatic nitrogens is 2. The molecule has 1 amide bonds. The number of benzene rings is 1. The minimum atomic E-state index is -0.951. The molecule has 0 radical (unpaired) electrons. The van der Waals surface area contributed by atoms with Gasteiger partial charge in [0.2, 0.25) is 0 Å². The molecule has 0 atom stereocenters. The Morgan fingerprint density at radius 1 is 1.22 bits per heavy atom. The van der Waals surface area contributed by atoms with Crippen LogP contribution in [0.5, 0.6) is 0 Å². The second-order valence-electron chi connectivity index (χ2n) is 6.96. The van der Waals surface area contributed by atoms with Crippen LogP contribution in [0.3, 0.4) is 0 Å². The fraction of sp³-hybridized carbons (Fsp3) is 0.450. The second kappa shape index (κ2) is 8.57. The lowest BCUT2D eigenvalue weighted by Gasteiger charge is -2.30. The van der Waals surface area contributed by atoms with Crippen LogP contribution in [0.25, 0.3) is 0 Å². The molecule has 1 aliphatic rings. The molecule has 0 aliphatic heterocycles. The van der Waals surface area contributed by atoms with Crippen LogP contribution < -0.4 is 5.32 Å². The fourth-order valence-corrected chi connectivity index (χ4v) is 3.76. The zero-order valence-electron chi connectivity index (χ0n) is 15.4. The SMILES string of the molecule is COC(=O)C1(NC(=O)c2cnn(Cc3ccccc3Cl)c2)CCCCCC1. The highest BCUT2D eigenvalue weighted by Crippen LogP contribution is 2.29. The van der Waals surface area contributed by atoms with Crippen molar-refractivity contribution in [3.8, 4) is 0 Å². The van der Waals surface area contributed by atoms with Crippen molar-refractivity contribution >= 4 is 23.5 Å². The van der Waals surface area contributed by atoms with E-state index in [1.165, 1.54) is 13.3 Å². The van der Waals surface area contributed by atoms with Crippen LogP contribution in [0.4, 0.5) is 0 Å². The van der Waals surface area contributed by atoms with E-state index >= 15 is 0 Å². The summed E-state index contributed by atoms with van der Waals surface area (Å²) in [5.41, 5.74) is 0.381. The molecular formula is C20H24ClN3O3. The smallest absolute Gasteiger partial charge is 0.331 e. The average molecular weight is 390 g/mol. The Balaban J connectivity index is 1.74. The van der Waals surface area contributed by atoms with E-state index < -0.39 is 5.54 Å². The third-order valence-electron chi connectivity index (χ3n) is 5.07. The number of amides is 1. The van der Waals surface area contributed by atoms with E-state index in [0.717, 1.165) is 31.2 Å². The van der Waals surface area contributed by atoms with Crippen molar-refractivity contribution in [2.45, 2.75) is 50.6 Å². The number of ether oxygens (including phenoxy) is 1. The molecule has 1 aliphatic carbocycles. The van der Waals surface area contributed by atoms with Gasteiger partial charge in [-0.2, -0.15) is 5.10 Å². The third kappa shape index (κ3) is 4.50. The first-order valence-corrected chi connectivity index (χ1v) is 9.59. The van der Waals surface area contributed by atoms with Gasteiger partial charge in [0.25, 0.3) is 5.91 Å². The largest absolute Gasteiger partial charge is 0.467 e. The number of carbonyl (C=O) groups is 2. The van der Waals surface area contributed by atoms with E-state index in [1.807, 2.05) is 24.3 Å². The maximum absolute atomic E-state index is 12.8. The summed E-state index contributed by atoms with van der Waals surface area (Å²) in [7, 11) is 1.36. The summed E-state index contributed by atoms with van der Waals surface area (Å²) in [5, 5.41) is 7.84. The number of nitrogens with zero attached hydrogens (tertiary/aromatic N) is 2. The molecule has 1 aromatic heterocycles. The summed E-state index contributed by atoms with van der Waals surface area (Å²) in [6.07, 6.45) is 8.27. The number of halogens is 1. The summed E-state index contributed by atoms with van der Waals surface area (Å²) >= 11 is 6.19. The van der Waals surface area contributed by atoms with Gasteiger partial charge in [-0.25, -0.2) is 4.79 Å². The van der Waals surface area contributed by atoms with Gasteiger partial charge in [-0.3, -0.25) is 9.48 Å². The van der Waals surface area contributed by atoms with E-state index in [4.69, 9.17) is 16.3 Å². The standard InChI is InChI=1S/C20H24ClN3O3/c1-27-19(26)20(10-6-2-3-7-11-20)23-18(25)16-12-22-24(14-16)13-15-8-4-5-9-17(15)21/h4-5,8-9,12,14H,2-3,6-7,10-11,13H2,1H3,(H,23,25). The van der Waals surface area contributed by atoms with Gasteiger partial charge in [0, 0.05) is 11.2 Å². The number of rotatable bonds is 5. The van der Waals surface area contributed by atoms with Gasteiger partial charge in [-0.15, -0.1) is 0 Å². The first-order valence-electron chi connectivity index (χ1n) is 9.21. The highest BCUT2D eigenvalue weighted by atomic mass is 35.5. The number of carbonyl (C=O) groups excluding carboxylic acids is 2. The van der Waals surface area contributed by atoms with Crippen molar-refractivity contribution in [2.24, 2.45) is 0 Å². The molecule has 3 rings (SSSR count). The first kappa shape index (κ1) is 19.4. The Kier molecular flexibility index (Phi) is 6.16. The molecule has 0 saturated heterocycles. The highest BCUT2D eigenvalue weighted by molar-refractivity contribution is 6.31. The molecule has 6 nitrogen and oxygen atoms in total. The van der Waals surface area contributed by atoms with E-state index in [0.29, 0.717) is 30.0 Å². The molecular weight excluding hydrogens is 366 g/mol. The summed E-state index contributed by atoms with van der Waals surface area (Å²) in [6, 6.07) is 7.51. The molecule has 7 heteroatoms. The van der Waals surface area contributed by atoms with Crippen LogP contribution in [0.15, 0.2) is 36.7 Å². The molecule has 1 saturated carbocycles. The average Bonchev–Trinajstić information content (AvgIpc) is 3.01. The molecule has 2 aromatic rings. The quantitative estimate of drug-likeness (QED) is 0.626. The molecule has 0 spiro atoms. The highest BCUT2D eigenvalue weighted by Gasteiger charge is 2.41.